The molecule has 94 valence electrons. The zero-order valence-corrected chi connectivity index (χ0v) is 9.78. The highest BCUT2D eigenvalue weighted by atomic mass is 19.1. The second kappa shape index (κ2) is 6.85. The van der Waals surface area contributed by atoms with E-state index >= 15 is 0 Å². The lowest BCUT2D eigenvalue weighted by atomic mass is 10.2. The van der Waals surface area contributed by atoms with Crippen LogP contribution < -0.4 is 15.8 Å². The molecule has 3 N–H and O–H groups in total. The summed E-state index contributed by atoms with van der Waals surface area (Å²) in [4.78, 5) is 11.3. The summed E-state index contributed by atoms with van der Waals surface area (Å²) < 4.78 is 17.8. The summed E-state index contributed by atoms with van der Waals surface area (Å²) in [7, 11) is 0. The minimum Gasteiger partial charge on any atom is -0.484 e. The highest BCUT2D eigenvalue weighted by Gasteiger charge is 2.03. The van der Waals surface area contributed by atoms with E-state index in [0.29, 0.717) is 12.3 Å². The van der Waals surface area contributed by atoms with Crippen molar-refractivity contribution in [3.8, 4) is 5.75 Å². The minimum absolute atomic E-state index is 0.0633. The fourth-order valence-electron chi connectivity index (χ4n) is 1.17. The molecule has 5 heteroatoms. The molecule has 1 atom stereocenters. The zero-order valence-electron chi connectivity index (χ0n) is 9.78. The maximum absolute atomic E-state index is 12.6. The molecule has 0 aliphatic rings. The van der Waals surface area contributed by atoms with Crippen LogP contribution in [-0.4, -0.2) is 25.1 Å². The number of ether oxygens (including phenoxy) is 1. The van der Waals surface area contributed by atoms with Gasteiger partial charge in [-0.15, -0.1) is 0 Å². The van der Waals surface area contributed by atoms with Gasteiger partial charge in [-0.1, -0.05) is 0 Å². The number of carbonyl (C=O) groups is 1. The molecular weight excluding hydrogens is 223 g/mol. The van der Waals surface area contributed by atoms with Crippen LogP contribution in [-0.2, 0) is 4.79 Å². The Morgan fingerprint density at radius 3 is 2.71 bits per heavy atom. The second-order valence-corrected chi connectivity index (χ2v) is 3.86. The fraction of sp³-hybridized carbons (Fsp3) is 0.417. The SMILES string of the molecule is CC(N)CCNC(=O)COc1ccc(F)cc1. The topological polar surface area (TPSA) is 64.3 Å². The Labute approximate surface area is 100.0 Å². The first-order valence-electron chi connectivity index (χ1n) is 5.48. The first-order chi connectivity index (χ1) is 8.08. The van der Waals surface area contributed by atoms with Gasteiger partial charge in [0.2, 0.25) is 0 Å². The van der Waals surface area contributed by atoms with E-state index in [1.165, 1.54) is 24.3 Å². The van der Waals surface area contributed by atoms with Crippen molar-refractivity contribution < 1.29 is 13.9 Å². The van der Waals surface area contributed by atoms with Crippen molar-refractivity contribution in [1.82, 2.24) is 5.32 Å². The lowest BCUT2D eigenvalue weighted by Crippen LogP contribution is -2.32. The Kier molecular flexibility index (Phi) is 5.42. The normalized spacial score (nSPS) is 11.9. The molecule has 1 aromatic carbocycles. The van der Waals surface area contributed by atoms with Crippen molar-refractivity contribution in [3.05, 3.63) is 30.1 Å². The van der Waals surface area contributed by atoms with Gasteiger partial charge < -0.3 is 15.8 Å². The maximum atomic E-state index is 12.6. The molecule has 17 heavy (non-hydrogen) atoms. The third-order valence-corrected chi connectivity index (χ3v) is 2.11. The van der Waals surface area contributed by atoms with E-state index in [1.54, 1.807) is 0 Å². The number of nitrogens with one attached hydrogen (secondary N) is 1. The van der Waals surface area contributed by atoms with Gasteiger partial charge in [0, 0.05) is 12.6 Å². The van der Waals surface area contributed by atoms with Crippen LogP contribution in [0, 0.1) is 5.82 Å². The van der Waals surface area contributed by atoms with Crippen LogP contribution in [0.5, 0.6) is 5.75 Å². The Bertz CT molecular complexity index is 352. The van der Waals surface area contributed by atoms with Gasteiger partial charge in [-0.05, 0) is 37.6 Å². The Hall–Kier alpha value is -1.62. The minimum atomic E-state index is -0.335. The molecule has 1 unspecified atom stereocenters. The molecule has 0 aromatic heterocycles. The number of hydrogen-bond donors (Lipinski definition) is 2. The number of hydrogen-bond acceptors (Lipinski definition) is 3. The Morgan fingerprint density at radius 1 is 1.47 bits per heavy atom. The highest BCUT2D eigenvalue weighted by molar-refractivity contribution is 5.77. The van der Waals surface area contributed by atoms with Crippen molar-refractivity contribution in [1.29, 1.82) is 0 Å². The van der Waals surface area contributed by atoms with Crippen LogP contribution in [0.15, 0.2) is 24.3 Å². The molecule has 0 saturated heterocycles. The van der Waals surface area contributed by atoms with Crippen molar-refractivity contribution >= 4 is 5.91 Å². The van der Waals surface area contributed by atoms with Gasteiger partial charge in [-0.3, -0.25) is 4.79 Å². The average Bonchev–Trinajstić information content (AvgIpc) is 2.28. The monoisotopic (exact) mass is 240 g/mol. The van der Waals surface area contributed by atoms with E-state index in [9.17, 15) is 9.18 Å². The molecule has 0 aliphatic carbocycles. The average molecular weight is 240 g/mol. The predicted molar refractivity (Wildman–Crippen MR) is 63.2 cm³/mol. The standard InChI is InChI=1S/C12H17FN2O2/c1-9(14)6-7-15-12(16)8-17-11-4-2-10(13)3-5-11/h2-5,9H,6-8,14H2,1H3,(H,15,16). The lowest BCUT2D eigenvalue weighted by Gasteiger charge is -2.08. The quantitative estimate of drug-likeness (QED) is 0.781. The molecule has 0 heterocycles. The van der Waals surface area contributed by atoms with Crippen molar-refractivity contribution in [3.63, 3.8) is 0 Å². The van der Waals surface area contributed by atoms with Gasteiger partial charge in [0.25, 0.3) is 5.91 Å². The maximum Gasteiger partial charge on any atom is 0.257 e. The van der Waals surface area contributed by atoms with Crippen LogP contribution in [0.3, 0.4) is 0 Å². The van der Waals surface area contributed by atoms with Gasteiger partial charge in [0.1, 0.15) is 11.6 Å². The summed E-state index contributed by atoms with van der Waals surface area (Å²) in [5, 5.41) is 2.68. The molecule has 0 radical (unpaired) electrons. The van der Waals surface area contributed by atoms with Crippen molar-refractivity contribution in [2.75, 3.05) is 13.2 Å². The smallest absolute Gasteiger partial charge is 0.257 e. The number of carbonyl (C=O) groups excluding carboxylic acids is 1. The van der Waals surface area contributed by atoms with Crippen molar-refractivity contribution in [2.45, 2.75) is 19.4 Å². The van der Waals surface area contributed by atoms with Gasteiger partial charge in [-0.25, -0.2) is 4.39 Å². The van der Waals surface area contributed by atoms with Crippen LogP contribution in [0.4, 0.5) is 4.39 Å². The van der Waals surface area contributed by atoms with Crippen molar-refractivity contribution in [2.24, 2.45) is 5.73 Å². The number of benzene rings is 1. The second-order valence-electron chi connectivity index (χ2n) is 3.86. The van der Waals surface area contributed by atoms with Gasteiger partial charge in [-0.2, -0.15) is 0 Å². The van der Waals surface area contributed by atoms with E-state index in [4.69, 9.17) is 10.5 Å². The molecule has 0 fully saturated rings. The zero-order chi connectivity index (χ0) is 12.7. The summed E-state index contributed by atoms with van der Waals surface area (Å²) >= 11 is 0. The van der Waals surface area contributed by atoms with E-state index in [1.807, 2.05) is 6.92 Å². The largest absolute Gasteiger partial charge is 0.484 e. The number of halogens is 1. The molecule has 1 aromatic rings. The fourth-order valence-corrected chi connectivity index (χ4v) is 1.17. The molecule has 1 rings (SSSR count). The Morgan fingerprint density at radius 2 is 2.12 bits per heavy atom. The van der Waals surface area contributed by atoms with Crippen LogP contribution in [0.25, 0.3) is 0 Å². The Balaban J connectivity index is 2.21. The van der Waals surface area contributed by atoms with Crippen LogP contribution >= 0.6 is 0 Å². The summed E-state index contributed by atoms with van der Waals surface area (Å²) in [6.45, 7) is 2.33. The van der Waals surface area contributed by atoms with E-state index in [0.717, 1.165) is 6.42 Å². The van der Waals surface area contributed by atoms with Gasteiger partial charge in [0.15, 0.2) is 6.61 Å². The van der Waals surface area contributed by atoms with E-state index < -0.39 is 0 Å². The van der Waals surface area contributed by atoms with Gasteiger partial charge in [0.05, 0.1) is 0 Å². The molecule has 0 bridgehead atoms. The first kappa shape index (κ1) is 13.4. The van der Waals surface area contributed by atoms with Crippen LogP contribution in [0.1, 0.15) is 13.3 Å². The summed E-state index contributed by atoms with van der Waals surface area (Å²) in [5.41, 5.74) is 5.54. The molecule has 4 nitrogen and oxygen atoms in total. The third kappa shape index (κ3) is 5.87. The number of nitrogens with two attached hydrogens (primary N) is 1. The molecule has 0 spiro atoms. The molecule has 0 aliphatic heterocycles. The molecule has 1 amide bonds. The summed E-state index contributed by atoms with van der Waals surface area (Å²) in [6, 6.07) is 5.58. The number of rotatable bonds is 6. The summed E-state index contributed by atoms with van der Waals surface area (Å²) in [6.07, 6.45) is 0.724. The third-order valence-electron chi connectivity index (χ3n) is 2.11. The summed E-state index contributed by atoms with van der Waals surface area (Å²) in [5.74, 6) is -0.0811. The van der Waals surface area contributed by atoms with Gasteiger partial charge >= 0.3 is 0 Å². The predicted octanol–water partition coefficient (Wildman–Crippen LogP) is 1.06. The first-order valence-corrected chi connectivity index (χ1v) is 5.48. The van der Waals surface area contributed by atoms with E-state index in [2.05, 4.69) is 5.32 Å². The molecular formula is C12H17FN2O2. The van der Waals surface area contributed by atoms with E-state index in [-0.39, 0.29) is 24.4 Å². The molecule has 0 saturated carbocycles. The lowest BCUT2D eigenvalue weighted by molar-refractivity contribution is -0.123. The highest BCUT2D eigenvalue weighted by Crippen LogP contribution is 2.10. The number of amides is 1. The van der Waals surface area contributed by atoms with Crippen LogP contribution in [0.2, 0.25) is 0 Å².